The van der Waals surface area contributed by atoms with Crippen molar-refractivity contribution in [3.05, 3.63) is 47.4 Å². The SMILES string of the molecule is Cc1cc(C)cc(S(=O)(=O)N2C3CC2CN(c2ccnc(C)n2)C3)c1. The van der Waals surface area contributed by atoms with Gasteiger partial charge in [0.15, 0.2) is 0 Å². The van der Waals surface area contributed by atoms with Crippen molar-refractivity contribution in [3.63, 3.8) is 0 Å². The number of piperazine rings is 1. The van der Waals surface area contributed by atoms with E-state index in [4.69, 9.17) is 0 Å². The zero-order valence-electron chi connectivity index (χ0n) is 14.7. The second-order valence-corrected chi connectivity index (χ2v) is 8.91. The van der Waals surface area contributed by atoms with Crippen molar-refractivity contribution in [3.8, 4) is 0 Å². The molecule has 0 spiro atoms. The molecular weight excluding hydrogens is 336 g/mol. The average molecular weight is 358 g/mol. The van der Waals surface area contributed by atoms with Gasteiger partial charge in [-0.25, -0.2) is 18.4 Å². The molecule has 0 radical (unpaired) electrons. The first-order valence-corrected chi connectivity index (χ1v) is 9.95. The predicted octanol–water partition coefficient (Wildman–Crippen LogP) is 2.05. The fraction of sp³-hybridized carbons (Fsp3) is 0.444. The van der Waals surface area contributed by atoms with Gasteiger partial charge in [0.1, 0.15) is 11.6 Å². The number of piperidine rings is 1. The number of hydrogen-bond donors (Lipinski definition) is 0. The molecule has 0 N–H and O–H groups in total. The summed E-state index contributed by atoms with van der Waals surface area (Å²) in [6, 6.07) is 7.44. The standard InChI is InChI=1S/C18H22N4O2S/c1-12-6-13(2)8-17(7-12)25(23,24)22-15-9-16(22)11-21(10-15)18-4-5-19-14(3)20-18/h4-8,15-16H,9-11H2,1-3H3. The van der Waals surface area contributed by atoms with Crippen LogP contribution in [0.3, 0.4) is 0 Å². The van der Waals surface area contributed by atoms with Crippen molar-refractivity contribution < 1.29 is 8.42 Å². The van der Waals surface area contributed by atoms with Gasteiger partial charge in [-0.3, -0.25) is 0 Å². The van der Waals surface area contributed by atoms with E-state index in [1.54, 1.807) is 22.6 Å². The van der Waals surface area contributed by atoms with E-state index >= 15 is 0 Å². The summed E-state index contributed by atoms with van der Waals surface area (Å²) in [5.41, 5.74) is 1.95. The van der Waals surface area contributed by atoms with Crippen LogP contribution in [-0.2, 0) is 10.0 Å². The molecule has 2 bridgehead atoms. The molecule has 2 atom stereocenters. The zero-order chi connectivity index (χ0) is 17.8. The maximum atomic E-state index is 13.1. The van der Waals surface area contributed by atoms with Crippen LogP contribution in [-0.4, -0.2) is 47.9 Å². The number of fused-ring (bicyclic) bond motifs is 2. The molecule has 1 aromatic heterocycles. The van der Waals surface area contributed by atoms with Gasteiger partial charge in [0.2, 0.25) is 10.0 Å². The van der Waals surface area contributed by atoms with E-state index in [1.165, 1.54) is 0 Å². The molecule has 0 amide bonds. The maximum absolute atomic E-state index is 13.1. The molecule has 0 saturated carbocycles. The normalized spacial score (nSPS) is 23.4. The van der Waals surface area contributed by atoms with E-state index in [0.717, 1.165) is 29.2 Å². The second-order valence-electron chi connectivity index (χ2n) is 7.07. The summed E-state index contributed by atoms with van der Waals surface area (Å²) in [5.74, 6) is 1.61. The lowest BCUT2D eigenvalue weighted by Crippen LogP contribution is -2.70. The summed E-state index contributed by atoms with van der Waals surface area (Å²) < 4.78 is 27.9. The van der Waals surface area contributed by atoms with E-state index in [9.17, 15) is 8.42 Å². The number of nitrogens with zero attached hydrogens (tertiary/aromatic N) is 4. The highest BCUT2D eigenvalue weighted by atomic mass is 32.2. The highest BCUT2D eigenvalue weighted by Crippen LogP contribution is 2.38. The lowest BCUT2D eigenvalue weighted by atomic mass is 9.91. The van der Waals surface area contributed by atoms with Crippen molar-refractivity contribution >= 4 is 15.8 Å². The topological polar surface area (TPSA) is 66.4 Å². The van der Waals surface area contributed by atoms with Crippen LogP contribution in [0.25, 0.3) is 0 Å². The predicted molar refractivity (Wildman–Crippen MR) is 96.1 cm³/mol. The molecule has 3 saturated heterocycles. The van der Waals surface area contributed by atoms with Gasteiger partial charge in [-0.05, 0) is 56.5 Å². The van der Waals surface area contributed by atoms with Crippen LogP contribution in [0.15, 0.2) is 35.4 Å². The Morgan fingerprint density at radius 1 is 1.04 bits per heavy atom. The summed E-state index contributed by atoms with van der Waals surface area (Å²) >= 11 is 0. The molecule has 7 heteroatoms. The third-order valence-electron chi connectivity index (χ3n) is 4.98. The summed E-state index contributed by atoms with van der Waals surface area (Å²) in [6.45, 7) is 7.09. The molecule has 4 heterocycles. The Hall–Kier alpha value is -1.99. The second kappa shape index (κ2) is 5.78. The third kappa shape index (κ3) is 2.81. The van der Waals surface area contributed by atoms with Crippen molar-refractivity contribution in [2.75, 3.05) is 18.0 Å². The van der Waals surface area contributed by atoms with E-state index < -0.39 is 10.0 Å². The van der Waals surface area contributed by atoms with E-state index in [0.29, 0.717) is 18.0 Å². The Morgan fingerprint density at radius 3 is 2.28 bits per heavy atom. The van der Waals surface area contributed by atoms with E-state index in [2.05, 4.69) is 14.9 Å². The Kier molecular flexibility index (Phi) is 3.81. The van der Waals surface area contributed by atoms with Crippen LogP contribution in [0.4, 0.5) is 5.82 Å². The van der Waals surface area contributed by atoms with Gasteiger partial charge in [-0.1, -0.05) is 6.07 Å². The number of hydrogen-bond acceptors (Lipinski definition) is 5. The number of sulfonamides is 1. The number of benzene rings is 1. The first kappa shape index (κ1) is 16.5. The van der Waals surface area contributed by atoms with Crippen LogP contribution in [0.1, 0.15) is 23.4 Å². The smallest absolute Gasteiger partial charge is 0.243 e. The van der Waals surface area contributed by atoms with Gasteiger partial charge < -0.3 is 4.90 Å². The van der Waals surface area contributed by atoms with Crippen LogP contribution >= 0.6 is 0 Å². The minimum absolute atomic E-state index is 0.0137. The van der Waals surface area contributed by atoms with Gasteiger partial charge in [0.05, 0.1) is 4.90 Å². The summed E-state index contributed by atoms with van der Waals surface area (Å²) in [5, 5.41) is 0. The zero-order valence-corrected chi connectivity index (χ0v) is 15.5. The Morgan fingerprint density at radius 2 is 1.68 bits per heavy atom. The monoisotopic (exact) mass is 358 g/mol. The molecular formula is C18H22N4O2S. The molecule has 2 aromatic rings. The summed E-state index contributed by atoms with van der Waals surface area (Å²) in [6.07, 6.45) is 2.67. The molecule has 1 aromatic carbocycles. The number of rotatable bonds is 3. The highest BCUT2D eigenvalue weighted by molar-refractivity contribution is 7.89. The molecule has 5 rings (SSSR count). The number of anilines is 1. The lowest BCUT2D eigenvalue weighted by molar-refractivity contribution is 0.0874. The maximum Gasteiger partial charge on any atom is 0.243 e. The Bertz CT molecular complexity index is 896. The average Bonchev–Trinajstić information content (AvgIpc) is 2.53. The van der Waals surface area contributed by atoms with E-state index in [1.807, 2.05) is 32.9 Å². The summed E-state index contributed by atoms with van der Waals surface area (Å²) in [7, 11) is -3.45. The van der Waals surface area contributed by atoms with Crippen LogP contribution in [0.5, 0.6) is 0 Å². The molecule has 2 unspecified atom stereocenters. The minimum atomic E-state index is -3.45. The van der Waals surface area contributed by atoms with Crippen LogP contribution < -0.4 is 4.90 Å². The number of aryl methyl sites for hydroxylation is 3. The Labute approximate surface area is 148 Å². The van der Waals surface area contributed by atoms with E-state index in [-0.39, 0.29) is 12.1 Å². The minimum Gasteiger partial charge on any atom is -0.353 e. The quantitative estimate of drug-likeness (QED) is 0.840. The van der Waals surface area contributed by atoms with Crippen molar-refractivity contribution in [1.82, 2.24) is 14.3 Å². The molecule has 3 aliphatic heterocycles. The molecule has 6 nitrogen and oxygen atoms in total. The first-order valence-electron chi connectivity index (χ1n) is 8.51. The first-order chi connectivity index (χ1) is 11.8. The van der Waals surface area contributed by atoms with Gasteiger partial charge in [-0.15, -0.1) is 0 Å². The molecule has 132 valence electrons. The molecule has 3 aliphatic rings. The fourth-order valence-electron chi connectivity index (χ4n) is 3.98. The highest BCUT2D eigenvalue weighted by Gasteiger charge is 2.51. The van der Waals surface area contributed by atoms with Gasteiger partial charge in [0.25, 0.3) is 0 Å². The van der Waals surface area contributed by atoms with Gasteiger partial charge in [0, 0.05) is 31.4 Å². The lowest BCUT2D eigenvalue weighted by Gasteiger charge is -2.55. The van der Waals surface area contributed by atoms with Crippen LogP contribution in [0, 0.1) is 20.8 Å². The van der Waals surface area contributed by atoms with Crippen molar-refractivity contribution in [2.45, 2.75) is 44.2 Å². The molecule has 0 aliphatic carbocycles. The van der Waals surface area contributed by atoms with Gasteiger partial charge in [-0.2, -0.15) is 4.31 Å². The Balaban J connectivity index is 1.58. The van der Waals surface area contributed by atoms with Crippen LogP contribution in [0.2, 0.25) is 0 Å². The number of aromatic nitrogens is 2. The third-order valence-corrected chi connectivity index (χ3v) is 6.96. The molecule has 25 heavy (non-hydrogen) atoms. The largest absolute Gasteiger partial charge is 0.353 e. The van der Waals surface area contributed by atoms with Crippen molar-refractivity contribution in [1.29, 1.82) is 0 Å². The fourth-order valence-corrected chi connectivity index (χ4v) is 5.98. The van der Waals surface area contributed by atoms with Gasteiger partial charge >= 0.3 is 0 Å². The molecule has 3 fully saturated rings. The van der Waals surface area contributed by atoms with Crippen molar-refractivity contribution in [2.24, 2.45) is 0 Å². The summed E-state index contributed by atoms with van der Waals surface area (Å²) in [4.78, 5) is 11.2.